The molecule has 2 atom stereocenters. The number of hydrogen-bond donors (Lipinski definition) is 2. The highest BCUT2D eigenvalue weighted by molar-refractivity contribution is 5.93. The Morgan fingerprint density at radius 1 is 1.28 bits per heavy atom. The minimum atomic E-state index is -0.792. The Labute approximate surface area is 108 Å². The fraction of sp³-hybridized carbons (Fsp3) is 0.714. The van der Waals surface area contributed by atoms with Gasteiger partial charge in [-0.2, -0.15) is 0 Å². The lowest BCUT2D eigenvalue weighted by Crippen LogP contribution is -2.43. The van der Waals surface area contributed by atoms with E-state index in [0.717, 1.165) is 32.1 Å². The quantitative estimate of drug-likeness (QED) is 0.597. The first-order valence-corrected chi connectivity index (χ1v) is 6.76. The second kappa shape index (κ2) is 7.19. The topological polar surface area (TPSA) is 66.4 Å². The van der Waals surface area contributed by atoms with Gasteiger partial charge in [0.25, 0.3) is 0 Å². The average Bonchev–Trinajstić information content (AvgIpc) is 2.54. The van der Waals surface area contributed by atoms with Crippen LogP contribution in [0.15, 0.2) is 11.6 Å². The van der Waals surface area contributed by atoms with Gasteiger partial charge in [-0.15, -0.1) is 0 Å². The van der Waals surface area contributed by atoms with Crippen LogP contribution in [-0.4, -0.2) is 23.0 Å². The summed E-state index contributed by atoms with van der Waals surface area (Å²) in [5.74, 6) is -1.36. The van der Waals surface area contributed by atoms with Gasteiger partial charge in [-0.3, -0.25) is 9.59 Å². The van der Waals surface area contributed by atoms with Crippen LogP contribution in [-0.2, 0) is 9.59 Å². The van der Waals surface area contributed by atoms with Crippen LogP contribution >= 0.6 is 0 Å². The molecule has 18 heavy (non-hydrogen) atoms. The Kier molecular flexibility index (Phi) is 5.89. The van der Waals surface area contributed by atoms with E-state index in [1.165, 1.54) is 0 Å². The van der Waals surface area contributed by atoms with E-state index in [-0.39, 0.29) is 11.9 Å². The highest BCUT2D eigenvalue weighted by atomic mass is 16.4. The number of carboxylic acids is 1. The van der Waals surface area contributed by atoms with Crippen molar-refractivity contribution in [2.45, 2.75) is 58.4 Å². The van der Waals surface area contributed by atoms with Gasteiger partial charge >= 0.3 is 5.97 Å². The summed E-state index contributed by atoms with van der Waals surface area (Å²) in [6.45, 7) is 3.74. The lowest BCUT2D eigenvalue weighted by Gasteiger charge is -2.23. The Morgan fingerprint density at radius 2 is 1.94 bits per heavy atom. The zero-order valence-corrected chi connectivity index (χ0v) is 11.2. The molecular formula is C14H23NO3. The summed E-state index contributed by atoms with van der Waals surface area (Å²) in [5, 5.41) is 12.1. The van der Waals surface area contributed by atoms with E-state index in [1.807, 2.05) is 13.0 Å². The summed E-state index contributed by atoms with van der Waals surface area (Å²) in [6, 6.07) is -0.224. The number of aliphatic carboxylic acids is 1. The molecule has 1 amide bonds. The molecule has 0 heterocycles. The van der Waals surface area contributed by atoms with Gasteiger partial charge < -0.3 is 10.4 Å². The summed E-state index contributed by atoms with van der Waals surface area (Å²) in [7, 11) is 0. The van der Waals surface area contributed by atoms with Crippen molar-refractivity contribution in [2.24, 2.45) is 5.92 Å². The lowest BCUT2D eigenvalue weighted by atomic mass is 9.94. The number of carbonyl (C=O) groups excluding carboxylic acids is 1. The van der Waals surface area contributed by atoms with E-state index in [1.54, 1.807) is 6.92 Å². The van der Waals surface area contributed by atoms with Gasteiger partial charge in [-0.05, 0) is 26.2 Å². The average molecular weight is 253 g/mol. The van der Waals surface area contributed by atoms with Crippen molar-refractivity contribution in [3.05, 3.63) is 11.6 Å². The van der Waals surface area contributed by atoms with Gasteiger partial charge in [0.1, 0.15) is 0 Å². The molecule has 1 aliphatic carbocycles. The molecule has 0 unspecified atom stereocenters. The summed E-state index contributed by atoms with van der Waals surface area (Å²) >= 11 is 0. The van der Waals surface area contributed by atoms with Crippen molar-refractivity contribution in [3.8, 4) is 0 Å². The smallest absolute Gasteiger partial charge is 0.308 e. The molecule has 0 saturated heterocycles. The summed E-state index contributed by atoms with van der Waals surface area (Å²) in [5.41, 5.74) is 0.672. The third-order valence-corrected chi connectivity index (χ3v) is 3.52. The Morgan fingerprint density at radius 3 is 2.56 bits per heavy atom. The van der Waals surface area contributed by atoms with E-state index in [0.29, 0.717) is 12.0 Å². The van der Waals surface area contributed by atoms with E-state index in [9.17, 15) is 14.7 Å². The molecule has 0 aromatic heterocycles. The molecule has 0 aromatic carbocycles. The maximum atomic E-state index is 11.9. The third-order valence-electron chi connectivity index (χ3n) is 3.52. The molecule has 1 aliphatic rings. The molecule has 1 rings (SSSR count). The molecule has 4 heteroatoms. The van der Waals surface area contributed by atoms with Gasteiger partial charge in [-0.25, -0.2) is 0 Å². The van der Waals surface area contributed by atoms with Crippen molar-refractivity contribution < 1.29 is 14.7 Å². The monoisotopic (exact) mass is 253 g/mol. The third kappa shape index (κ3) is 4.17. The van der Waals surface area contributed by atoms with Crippen LogP contribution in [0.3, 0.4) is 0 Å². The zero-order valence-electron chi connectivity index (χ0n) is 11.2. The van der Waals surface area contributed by atoms with Crippen LogP contribution < -0.4 is 5.32 Å². The van der Waals surface area contributed by atoms with E-state index in [2.05, 4.69) is 5.32 Å². The van der Waals surface area contributed by atoms with Gasteiger partial charge in [-0.1, -0.05) is 32.3 Å². The summed E-state index contributed by atoms with van der Waals surface area (Å²) < 4.78 is 0. The molecule has 4 nitrogen and oxygen atoms in total. The zero-order chi connectivity index (χ0) is 13.5. The fourth-order valence-electron chi connectivity index (χ4n) is 2.46. The second-order valence-corrected chi connectivity index (χ2v) is 4.96. The molecule has 0 aliphatic heterocycles. The van der Waals surface area contributed by atoms with Gasteiger partial charge in [0.05, 0.1) is 5.92 Å². The second-order valence-electron chi connectivity index (χ2n) is 4.96. The number of rotatable bonds is 4. The van der Waals surface area contributed by atoms with Crippen LogP contribution in [0.2, 0.25) is 0 Å². The molecule has 1 saturated carbocycles. The first-order chi connectivity index (χ1) is 8.56. The number of amides is 1. The van der Waals surface area contributed by atoms with Crippen molar-refractivity contribution in [3.63, 3.8) is 0 Å². The molecule has 102 valence electrons. The van der Waals surface area contributed by atoms with Gasteiger partial charge in [0.15, 0.2) is 0 Å². The highest BCUT2D eigenvalue weighted by Gasteiger charge is 2.30. The number of allylic oxidation sites excluding steroid dienone is 1. The van der Waals surface area contributed by atoms with Crippen LogP contribution in [0.25, 0.3) is 0 Å². The largest absolute Gasteiger partial charge is 0.481 e. The lowest BCUT2D eigenvalue weighted by molar-refractivity contribution is -0.143. The molecule has 1 fully saturated rings. The number of carbonyl (C=O) groups is 2. The minimum absolute atomic E-state index is 0.130. The van der Waals surface area contributed by atoms with E-state index < -0.39 is 11.9 Å². The molecular weight excluding hydrogens is 230 g/mol. The highest BCUT2D eigenvalue weighted by Crippen LogP contribution is 2.24. The maximum absolute atomic E-state index is 11.9. The van der Waals surface area contributed by atoms with E-state index >= 15 is 0 Å². The van der Waals surface area contributed by atoms with Crippen molar-refractivity contribution in [2.75, 3.05) is 0 Å². The summed E-state index contributed by atoms with van der Waals surface area (Å²) in [6.07, 6.45) is 7.09. The maximum Gasteiger partial charge on any atom is 0.308 e. The Hall–Kier alpha value is -1.32. The Bertz CT molecular complexity index is 336. The minimum Gasteiger partial charge on any atom is -0.481 e. The first-order valence-electron chi connectivity index (χ1n) is 6.76. The SMILES string of the molecule is CC/C=C(\C)C(=O)N[C@H]1CCCCC[C@@H]1C(=O)O. The molecule has 0 bridgehead atoms. The van der Waals surface area contributed by atoms with Crippen molar-refractivity contribution >= 4 is 11.9 Å². The van der Waals surface area contributed by atoms with Crippen molar-refractivity contribution in [1.82, 2.24) is 5.32 Å². The molecule has 0 spiro atoms. The predicted molar refractivity (Wildman–Crippen MR) is 70.2 cm³/mol. The molecule has 0 aromatic rings. The number of carboxylic acid groups (broad SMARTS) is 1. The normalized spacial score (nSPS) is 25.3. The fourth-order valence-corrected chi connectivity index (χ4v) is 2.46. The number of hydrogen-bond acceptors (Lipinski definition) is 2. The van der Waals surface area contributed by atoms with Gasteiger partial charge in [0, 0.05) is 11.6 Å². The standard InChI is InChI=1S/C14H23NO3/c1-3-7-10(2)13(16)15-12-9-6-4-5-8-11(12)14(17)18/h7,11-12H,3-6,8-9H2,1-2H3,(H,15,16)(H,17,18)/b10-7+/t11-,12-/m0/s1. The van der Waals surface area contributed by atoms with Crippen LogP contribution in [0.5, 0.6) is 0 Å². The van der Waals surface area contributed by atoms with Crippen LogP contribution in [0.4, 0.5) is 0 Å². The number of nitrogens with one attached hydrogen (secondary N) is 1. The summed E-state index contributed by atoms with van der Waals surface area (Å²) in [4.78, 5) is 23.1. The van der Waals surface area contributed by atoms with Crippen LogP contribution in [0, 0.1) is 5.92 Å². The molecule has 0 radical (unpaired) electrons. The molecule has 2 N–H and O–H groups in total. The Balaban J connectivity index is 2.69. The van der Waals surface area contributed by atoms with Crippen LogP contribution in [0.1, 0.15) is 52.4 Å². The van der Waals surface area contributed by atoms with Crippen molar-refractivity contribution in [1.29, 1.82) is 0 Å². The van der Waals surface area contributed by atoms with E-state index in [4.69, 9.17) is 0 Å². The first kappa shape index (κ1) is 14.7. The van der Waals surface area contributed by atoms with Gasteiger partial charge in [0.2, 0.25) is 5.91 Å². The predicted octanol–water partition coefficient (Wildman–Crippen LogP) is 2.49.